The van der Waals surface area contributed by atoms with Crippen LogP contribution < -0.4 is 10.5 Å². The van der Waals surface area contributed by atoms with Crippen LogP contribution >= 0.6 is 11.6 Å². The minimum Gasteiger partial charge on any atom is -0.368 e. The second-order valence-corrected chi connectivity index (χ2v) is 7.10. The zero-order valence-electron chi connectivity index (χ0n) is 11.1. The Bertz CT molecular complexity index is 582. The third-order valence-electron chi connectivity index (χ3n) is 2.45. The van der Waals surface area contributed by atoms with Crippen molar-refractivity contribution in [3.63, 3.8) is 0 Å². The van der Waals surface area contributed by atoms with Gasteiger partial charge in [0.1, 0.15) is 11.7 Å². The summed E-state index contributed by atoms with van der Waals surface area (Å²) in [6.07, 6.45) is -0.352. The SMILES string of the molecule is CC(C)(F)C[C@H](NS(=O)(=O)c1ccc(Cl)cc1)C(N)=O. The summed E-state index contributed by atoms with van der Waals surface area (Å²) in [4.78, 5) is 11.2. The number of benzene rings is 1. The maximum atomic E-state index is 13.6. The largest absolute Gasteiger partial charge is 0.368 e. The number of halogens is 2. The average Bonchev–Trinajstić information content (AvgIpc) is 2.26. The third kappa shape index (κ3) is 5.07. The first-order valence-corrected chi connectivity index (χ1v) is 7.63. The van der Waals surface area contributed by atoms with E-state index in [0.29, 0.717) is 5.02 Å². The van der Waals surface area contributed by atoms with E-state index in [-0.39, 0.29) is 11.3 Å². The first-order chi connectivity index (χ1) is 9.01. The molecule has 0 heterocycles. The van der Waals surface area contributed by atoms with Gasteiger partial charge in [-0.05, 0) is 38.1 Å². The average molecular weight is 323 g/mol. The van der Waals surface area contributed by atoms with E-state index in [1.807, 2.05) is 0 Å². The first-order valence-electron chi connectivity index (χ1n) is 5.77. The lowest BCUT2D eigenvalue weighted by Gasteiger charge is -2.21. The number of sulfonamides is 1. The van der Waals surface area contributed by atoms with Crippen LogP contribution in [0.3, 0.4) is 0 Å². The number of hydrogen-bond donors (Lipinski definition) is 2. The standard InChI is InChI=1S/C12H16ClFN2O3S/c1-12(2,14)7-10(11(15)17)16-20(18,19)9-5-3-8(13)4-6-9/h3-6,10,16H,7H2,1-2H3,(H2,15,17)/t10-/m0/s1. The quantitative estimate of drug-likeness (QED) is 0.833. The first kappa shape index (κ1) is 16.9. The molecule has 0 fully saturated rings. The van der Waals surface area contributed by atoms with Gasteiger partial charge >= 0.3 is 0 Å². The molecular formula is C12H16ClFN2O3S. The molecule has 0 saturated carbocycles. The van der Waals surface area contributed by atoms with E-state index < -0.39 is 27.6 Å². The highest BCUT2D eigenvalue weighted by Crippen LogP contribution is 2.19. The zero-order valence-corrected chi connectivity index (χ0v) is 12.6. The van der Waals surface area contributed by atoms with Gasteiger partial charge in [0, 0.05) is 11.4 Å². The van der Waals surface area contributed by atoms with Crippen LogP contribution in [-0.2, 0) is 14.8 Å². The molecule has 3 N–H and O–H groups in total. The van der Waals surface area contributed by atoms with Gasteiger partial charge < -0.3 is 5.73 Å². The van der Waals surface area contributed by atoms with Crippen LogP contribution in [0.25, 0.3) is 0 Å². The Morgan fingerprint density at radius 1 is 1.40 bits per heavy atom. The molecule has 0 aliphatic heterocycles. The lowest BCUT2D eigenvalue weighted by atomic mass is 10.0. The van der Waals surface area contributed by atoms with E-state index in [0.717, 1.165) is 0 Å². The summed E-state index contributed by atoms with van der Waals surface area (Å²) in [6, 6.07) is 4.03. The third-order valence-corrected chi connectivity index (χ3v) is 4.19. The van der Waals surface area contributed by atoms with Crippen molar-refractivity contribution in [2.75, 3.05) is 0 Å². The van der Waals surface area contributed by atoms with Crippen LogP contribution in [0.5, 0.6) is 0 Å². The maximum absolute atomic E-state index is 13.6. The van der Waals surface area contributed by atoms with Gasteiger partial charge in [-0.1, -0.05) is 11.6 Å². The Kier molecular flexibility index (Phi) is 5.12. The van der Waals surface area contributed by atoms with E-state index in [9.17, 15) is 17.6 Å². The van der Waals surface area contributed by atoms with Gasteiger partial charge in [-0.15, -0.1) is 0 Å². The number of carbonyl (C=O) groups excluding carboxylic acids is 1. The van der Waals surface area contributed by atoms with E-state index in [4.69, 9.17) is 17.3 Å². The van der Waals surface area contributed by atoms with Gasteiger partial charge in [0.05, 0.1) is 4.90 Å². The number of carbonyl (C=O) groups is 1. The van der Waals surface area contributed by atoms with Gasteiger partial charge in [-0.2, -0.15) is 4.72 Å². The highest BCUT2D eigenvalue weighted by molar-refractivity contribution is 7.89. The van der Waals surface area contributed by atoms with Crippen LogP contribution in [0.15, 0.2) is 29.2 Å². The van der Waals surface area contributed by atoms with Crippen molar-refractivity contribution in [2.45, 2.75) is 36.9 Å². The number of primary amides is 1. The molecule has 0 radical (unpaired) electrons. The second kappa shape index (κ2) is 6.07. The number of alkyl halides is 1. The van der Waals surface area contributed by atoms with Crippen LogP contribution in [0, 0.1) is 0 Å². The molecule has 8 heteroatoms. The summed E-state index contributed by atoms with van der Waals surface area (Å²) >= 11 is 5.67. The summed E-state index contributed by atoms with van der Waals surface area (Å²) in [6.45, 7) is 2.47. The maximum Gasteiger partial charge on any atom is 0.241 e. The summed E-state index contributed by atoms with van der Waals surface area (Å²) in [7, 11) is -3.97. The Labute approximate surface area is 122 Å². The molecule has 0 aliphatic carbocycles. The monoisotopic (exact) mass is 322 g/mol. The van der Waals surface area contributed by atoms with Crippen molar-refractivity contribution in [3.8, 4) is 0 Å². The predicted octanol–water partition coefficient (Wildman–Crippen LogP) is 1.61. The smallest absolute Gasteiger partial charge is 0.241 e. The van der Waals surface area contributed by atoms with Crippen molar-refractivity contribution < 1.29 is 17.6 Å². The van der Waals surface area contributed by atoms with Crippen LogP contribution in [0.1, 0.15) is 20.3 Å². The van der Waals surface area contributed by atoms with Crippen molar-refractivity contribution >= 4 is 27.5 Å². The van der Waals surface area contributed by atoms with Gasteiger partial charge in [0.25, 0.3) is 0 Å². The fourth-order valence-electron chi connectivity index (χ4n) is 1.55. The molecule has 1 amide bonds. The number of rotatable bonds is 6. The summed E-state index contributed by atoms with van der Waals surface area (Å²) in [5, 5.41) is 0.375. The molecule has 1 atom stereocenters. The topological polar surface area (TPSA) is 89.3 Å². The highest BCUT2D eigenvalue weighted by Gasteiger charge is 2.30. The molecular weight excluding hydrogens is 307 g/mol. The van der Waals surface area contributed by atoms with Crippen molar-refractivity contribution in [2.24, 2.45) is 5.73 Å². The van der Waals surface area contributed by atoms with E-state index in [2.05, 4.69) is 4.72 Å². The number of hydrogen-bond acceptors (Lipinski definition) is 3. The molecule has 1 aromatic carbocycles. The normalized spacial score (nSPS) is 14.0. The van der Waals surface area contributed by atoms with Crippen LogP contribution in [-0.4, -0.2) is 26.0 Å². The summed E-state index contributed by atoms with van der Waals surface area (Å²) < 4.78 is 39.8. The lowest BCUT2D eigenvalue weighted by molar-refractivity contribution is -0.120. The van der Waals surface area contributed by atoms with Crippen molar-refractivity contribution in [1.82, 2.24) is 4.72 Å². The van der Waals surface area contributed by atoms with Crippen molar-refractivity contribution in [3.05, 3.63) is 29.3 Å². The molecule has 0 saturated heterocycles. The molecule has 112 valence electrons. The Morgan fingerprint density at radius 2 is 1.90 bits per heavy atom. The number of amides is 1. The van der Waals surface area contributed by atoms with Gasteiger partial charge in [0.15, 0.2) is 0 Å². The van der Waals surface area contributed by atoms with E-state index in [1.165, 1.54) is 38.1 Å². The second-order valence-electron chi connectivity index (χ2n) is 4.95. The Hall–Kier alpha value is -1.18. The fourth-order valence-corrected chi connectivity index (χ4v) is 2.89. The van der Waals surface area contributed by atoms with Gasteiger partial charge in [-0.3, -0.25) is 4.79 Å². The Morgan fingerprint density at radius 3 is 2.30 bits per heavy atom. The van der Waals surface area contributed by atoms with Gasteiger partial charge in [-0.25, -0.2) is 12.8 Å². The lowest BCUT2D eigenvalue weighted by Crippen LogP contribution is -2.47. The number of nitrogens with two attached hydrogens (primary N) is 1. The van der Waals surface area contributed by atoms with Crippen LogP contribution in [0.4, 0.5) is 4.39 Å². The van der Waals surface area contributed by atoms with Gasteiger partial charge in [0.2, 0.25) is 15.9 Å². The summed E-state index contributed by atoms with van der Waals surface area (Å²) in [5.41, 5.74) is 3.37. The highest BCUT2D eigenvalue weighted by atomic mass is 35.5. The van der Waals surface area contributed by atoms with E-state index in [1.54, 1.807) is 0 Å². The summed E-state index contributed by atoms with van der Waals surface area (Å²) in [5.74, 6) is -0.937. The number of nitrogens with one attached hydrogen (secondary N) is 1. The molecule has 1 aromatic rings. The minimum absolute atomic E-state index is 0.0789. The molecule has 5 nitrogen and oxygen atoms in total. The molecule has 20 heavy (non-hydrogen) atoms. The van der Waals surface area contributed by atoms with Crippen LogP contribution in [0.2, 0.25) is 5.02 Å². The zero-order chi connectivity index (χ0) is 15.6. The molecule has 1 rings (SSSR count). The molecule has 0 unspecified atom stereocenters. The van der Waals surface area contributed by atoms with E-state index >= 15 is 0 Å². The molecule has 0 spiro atoms. The Balaban J connectivity index is 2.97. The minimum atomic E-state index is -3.97. The molecule has 0 aromatic heterocycles. The van der Waals surface area contributed by atoms with Crippen molar-refractivity contribution in [1.29, 1.82) is 0 Å². The predicted molar refractivity (Wildman–Crippen MR) is 74.6 cm³/mol. The molecule has 0 bridgehead atoms. The molecule has 0 aliphatic rings. The fraction of sp³-hybridized carbons (Fsp3) is 0.417.